The highest BCUT2D eigenvalue weighted by molar-refractivity contribution is 5.88. The van der Waals surface area contributed by atoms with Crippen LogP contribution in [0.5, 0.6) is 0 Å². The Morgan fingerprint density at radius 2 is 2.15 bits per heavy atom. The van der Waals surface area contributed by atoms with Crippen LogP contribution < -0.4 is 11.1 Å². The molecule has 0 spiro atoms. The second kappa shape index (κ2) is 7.21. The van der Waals surface area contributed by atoms with E-state index in [1.54, 1.807) is 23.1 Å². The summed E-state index contributed by atoms with van der Waals surface area (Å²) in [5, 5.41) is 2.94. The highest BCUT2D eigenvalue weighted by Crippen LogP contribution is 2.13. The number of hydrogen-bond acceptors (Lipinski definition) is 3. The molecule has 1 unspecified atom stereocenters. The predicted octanol–water partition coefficient (Wildman–Crippen LogP) is 0.423. The summed E-state index contributed by atoms with van der Waals surface area (Å²) in [4.78, 5) is 24.5. The van der Waals surface area contributed by atoms with Crippen LogP contribution in [-0.4, -0.2) is 35.8 Å². The summed E-state index contributed by atoms with van der Waals surface area (Å²) in [6.07, 6.45) is -0.0351. The molecule has 0 aromatic heterocycles. The van der Waals surface area contributed by atoms with Gasteiger partial charge in [0.05, 0.1) is 12.5 Å². The van der Waals surface area contributed by atoms with E-state index in [4.69, 9.17) is 5.73 Å². The molecule has 2 rings (SSSR count). The average Bonchev–Trinajstić information content (AvgIpc) is 2.36. The Morgan fingerprint density at radius 3 is 2.80 bits per heavy atom. The molecule has 7 heteroatoms. The van der Waals surface area contributed by atoms with Crippen molar-refractivity contribution in [1.29, 1.82) is 0 Å². The fourth-order valence-corrected chi connectivity index (χ4v) is 2.14. The molecule has 0 bridgehead atoms. The Hall–Kier alpha value is -1.66. The Balaban J connectivity index is 0.00000200. The quantitative estimate of drug-likeness (QED) is 0.846. The van der Waals surface area contributed by atoms with Crippen LogP contribution in [0, 0.1) is 5.82 Å². The number of primary amides is 1. The second-order valence-corrected chi connectivity index (χ2v) is 4.53. The van der Waals surface area contributed by atoms with Crippen LogP contribution in [-0.2, 0) is 16.1 Å². The third-order valence-corrected chi connectivity index (χ3v) is 3.11. The smallest absolute Gasteiger partial charge is 0.240 e. The number of piperazine rings is 1. The van der Waals surface area contributed by atoms with Crippen LogP contribution >= 0.6 is 12.4 Å². The molecule has 20 heavy (non-hydrogen) atoms. The van der Waals surface area contributed by atoms with Gasteiger partial charge in [0.25, 0.3) is 0 Å². The molecule has 1 aromatic carbocycles. The zero-order valence-electron chi connectivity index (χ0n) is 10.8. The minimum Gasteiger partial charge on any atom is -0.370 e. The van der Waals surface area contributed by atoms with Crippen molar-refractivity contribution in [3.05, 3.63) is 35.6 Å². The molecular formula is C13H17ClFN3O2. The zero-order valence-corrected chi connectivity index (χ0v) is 11.7. The van der Waals surface area contributed by atoms with Crippen molar-refractivity contribution in [1.82, 2.24) is 10.2 Å². The fourth-order valence-electron chi connectivity index (χ4n) is 2.14. The van der Waals surface area contributed by atoms with Crippen molar-refractivity contribution < 1.29 is 14.0 Å². The molecule has 1 fully saturated rings. The van der Waals surface area contributed by atoms with Crippen LogP contribution in [0.2, 0.25) is 0 Å². The first-order chi connectivity index (χ1) is 9.08. The van der Waals surface area contributed by atoms with Gasteiger partial charge in [0, 0.05) is 25.2 Å². The lowest BCUT2D eigenvalue weighted by Gasteiger charge is -2.32. The highest BCUT2D eigenvalue weighted by Gasteiger charge is 2.29. The third kappa shape index (κ3) is 3.91. The summed E-state index contributed by atoms with van der Waals surface area (Å²) in [5.74, 6) is -1.08. The van der Waals surface area contributed by atoms with Gasteiger partial charge in [-0.15, -0.1) is 12.4 Å². The Labute approximate surface area is 122 Å². The molecule has 0 saturated carbocycles. The van der Waals surface area contributed by atoms with E-state index in [0.29, 0.717) is 18.7 Å². The molecule has 5 nitrogen and oxygen atoms in total. The number of carbonyl (C=O) groups excluding carboxylic acids is 2. The summed E-state index contributed by atoms with van der Waals surface area (Å²) in [5.41, 5.74) is 5.57. The van der Waals surface area contributed by atoms with E-state index in [0.717, 1.165) is 0 Å². The molecular weight excluding hydrogens is 285 g/mol. The maximum atomic E-state index is 13.6. The van der Waals surface area contributed by atoms with E-state index in [-0.39, 0.29) is 37.1 Å². The van der Waals surface area contributed by atoms with Crippen molar-refractivity contribution in [2.45, 2.75) is 19.0 Å². The van der Waals surface area contributed by atoms with Crippen LogP contribution in [0.3, 0.4) is 0 Å². The monoisotopic (exact) mass is 301 g/mol. The number of nitrogens with zero attached hydrogens (tertiary/aromatic N) is 1. The molecule has 1 aliphatic rings. The second-order valence-electron chi connectivity index (χ2n) is 4.53. The van der Waals surface area contributed by atoms with E-state index in [1.165, 1.54) is 6.07 Å². The number of nitrogens with one attached hydrogen (secondary N) is 1. The Bertz CT molecular complexity index is 498. The summed E-state index contributed by atoms with van der Waals surface area (Å²) in [7, 11) is 0. The molecule has 2 amide bonds. The van der Waals surface area contributed by atoms with Crippen molar-refractivity contribution in [3.63, 3.8) is 0 Å². The Morgan fingerprint density at radius 1 is 1.45 bits per heavy atom. The maximum absolute atomic E-state index is 13.6. The van der Waals surface area contributed by atoms with Crippen LogP contribution in [0.1, 0.15) is 12.0 Å². The lowest BCUT2D eigenvalue weighted by molar-refractivity contribution is -0.138. The molecule has 1 aliphatic heterocycles. The van der Waals surface area contributed by atoms with E-state index in [1.807, 2.05) is 0 Å². The van der Waals surface area contributed by atoms with Crippen LogP contribution in [0.15, 0.2) is 24.3 Å². The molecule has 3 N–H and O–H groups in total. The van der Waals surface area contributed by atoms with Gasteiger partial charge in [0.15, 0.2) is 0 Å². The van der Waals surface area contributed by atoms with Crippen molar-refractivity contribution >= 4 is 24.2 Å². The summed E-state index contributed by atoms with van der Waals surface area (Å²) < 4.78 is 13.6. The first kappa shape index (κ1) is 16.4. The van der Waals surface area contributed by atoms with E-state index >= 15 is 0 Å². The molecule has 1 aromatic rings. The van der Waals surface area contributed by atoms with Gasteiger partial charge in [-0.05, 0) is 6.07 Å². The van der Waals surface area contributed by atoms with Gasteiger partial charge in [-0.25, -0.2) is 4.39 Å². The van der Waals surface area contributed by atoms with Gasteiger partial charge >= 0.3 is 0 Å². The number of halogens is 2. The minimum atomic E-state index is -0.599. The summed E-state index contributed by atoms with van der Waals surface area (Å²) in [6, 6.07) is 5.75. The normalized spacial score (nSPS) is 18.6. The van der Waals surface area contributed by atoms with Gasteiger partial charge < -0.3 is 16.0 Å². The first-order valence-electron chi connectivity index (χ1n) is 6.12. The average molecular weight is 302 g/mol. The van der Waals surface area contributed by atoms with Crippen molar-refractivity contribution in [3.8, 4) is 0 Å². The lowest BCUT2D eigenvalue weighted by Crippen LogP contribution is -2.55. The third-order valence-electron chi connectivity index (χ3n) is 3.11. The van der Waals surface area contributed by atoms with Gasteiger partial charge in [-0.3, -0.25) is 9.59 Å². The van der Waals surface area contributed by atoms with Gasteiger partial charge in [0.2, 0.25) is 11.8 Å². The SMILES string of the molecule is Cl.NC(=O)CC1NCCN(Cc2ccccc2F)C1=O. The number of amides is 2. The number of rotatable bonds is 4. The van der Waals surface area contributed by atoms with Gasteiger partial charge in [-0.2, -0.15) is 0 Å². The lowest BCUT2D eigenvalue weighted by atomic mass is 10.1. The number of nitrogens with two attached hydrogens (primary N) is 1. The predicted molar refractivity (Wildman–Crippen MR) is 74.7 cm³/mol. The molecule has 0 aliphatic carbocycles. The zero-order chi connectivity index (χ0) is 13.8. The van der Waals surface area contributed by atoms with Crippen molar-refractivity contribution in [2.75, 3.05) is 13.1 Å². The summed E-state index contributed by atoms with van der Waals surface area (Å²) in [6.45, 7) is 1.27. The number of benzene rings is 1. The van der Waals surface area contributed by atoms with Crippen LogP contribution in [0.25, 0.3) is 0 Å². The van der Waals surface area contributed by atoms with Gasteiger partial charge in [-0.1, -0.05) is 18.2 Å². The first-order valence-corrected chi connectivity index (χ1v) is 6.12. The fraction of sp³-hybridized carbons (Fsp3) is 0.385. The van der Waals surface area contributed by atoms with Crippen LogP contribution in [0.4, 0.5) is 4.39 Å². The number of hydrogen-bond donors (Lipinski definition) is 2. The van der Waals surface area contributed by atoms with Crippen molar-refractivity contribution in [2.24, 2.45) is 5.73 Å². The van der Waals surface area contributed by atoms with E-state index in [2.05, 4.69) is 5.32 Å². The largest absolute Gasteiger partial charge is 0.370 e. The molecule has 1 atom stereocenters. The van der Waals surface area contributed by atoms with E-state index in [9.17, 15) is 14.0 Å². The maximum Gasteiger partial charge on any atom is 0.240 e. The Kier molecular flexibility index (Phi) is 5.91. The molecule has 110 valence electrons. The topological polar surface area (TPSA) is 75.4 Å². The number of carbonyl (C=O) groups is 2. The highest BCUT2D eigenvalue weighted by atomic mass is 35.5. The standard InChI is InChI=1S/C13H16FN3O2.ClH/c14-10-4-2-1-3-9(10)8-17-6-5-16-11(13(17)19)7-12(15)18;/h1-4,11,16H,5-8H2,(H2,15,18);1H. The minimum absolute atomic E-state index is 0. The molecule has 1 heterocycles. The molecule has 1 saturated heterocycles. The van der Waals surface area contributed by atoms with E-state index < -0.39 is 11.9 Å². The summed E-state index contributed by atoms with van der Waals surface area (Å²) >= 11 is 0. The van der Waals surface area contributed by atoms with Gasteiger partial charge in [0.1, 0.15) is 5.82 Å². The molecule has 0 radical (unpaired) electrons.